The molecule has 4 heteroatoms. The summed E-state index contributed by atoms with van der Waals surface area (Å²) in [6.07, 6.45) is 1.76. The van der Waals surface area contributed by atoms with Crippen LogP contribution in [0.5, 0.6) is 5.75 Å². The molecule has 0 N–H and O–H groups in total. The van der Waals surface area contributed by atoms with E-state index in [1.165, 1.54) is 0 Å². The van der Waals surface area contributed by atoms with Crippen LogP contribution in [0.3, 0.4) is 0 Å². The monoisotopic (exact) mass is 235 g/mol. The van der Waals surface area contributed by atoms with Crippen molar-refractivity contribution in [1.82, 2.24) is 0 Å². The molecule has 0 unspecified atom stereocenters. The number of nitrogens with zero attached hydrogens (tertiary/aromatic N) is 1. The van der Waals surface area contributed by atoms with Gasteiger partial charge in [0.05, 0.1) is 5.56 Å². The molecule has 1 rings (SSSR count). The molecule has 0 aliphatic rings. The Morgan fingerprint density at radius 3 is 2.65 bits per heavy atom. The molecule has 0 aliphatic carbocycles. The maximum absolute atomic E-state index is 11.4. The van der Waals surface area contributed by atoms with E-state index in [9.17, 15) is 9.59 Å². The molecule has 0 fully saturated rings. The van der Waals surface area contributed by atoms with Gasteiger partial charge in [0.25, 0.3) is 0 Å². The Balaban J connectivity index is 2.97. The molecule has 0 aliphatic heterocycles. The van der Waals surface area contributed by atoms with Gasteiger partial charge in [0.15, 0.2) is 6.29 Å². The summed E-state index contributed by atoms with van der Waals surface area (Å²) in [5, 5.41) is 0. The zero-order valence-corrected chi connectivity index (χ0v) is 10.4. The summed E-state index contributed by atoms with van der Waals surface area (Å²) >= 11 is 0. The van der Waals surface area contributed by atoms with E-state index >= 15 is 0 Å². The molecule has 0 aromatic heterocycles. The Morgan fingerprint density at radius 2 is 2.12 bits per heavy atom. The highest BCUT2D eigenvalue weighted by Crippen LogP contribution is 2.24. The summed E-state index contributed by atoms with van der Waals surface area (Å²) in [4.78, 5) is 24.1. The Bertz CT molecular complexity index is 413. The number of hydrogen-bond acceptors (Lipinski definition) is 4. The van der Waals surface area contributed by atoms with Crippen LogP contribution in [0.1, 0.15) is 30.1 Å². The first-order valence-electron chi connectivity index (χ1n) is 5.55. The number of carbonyl (C=O) groups is 2. The number of aldehydes is 1. The summed E-state index contributed by atoms with van der Waals surface area (Å²) in [7, 11) is 3.77. The van der Waals surface area contributed by atoms with Gasteiger partial charge in [-0.25, -0.2) is 0 Å². The van der Waals surface area contributed by atoms with E-state index in [0.29, 0.717) is 24.0 Å². The zero-order chi connectivity index (χ0) is 12.8. The minimum atomic E-state index is -0.313. The molecule has 0 atom stereocenters. The molecule has 1 aromatic rings. The predicted octanol–water partition coefficient (Wildman–Crippen LogP) is 2.27. The maximum atomic E-state index is 11.4. The first kappa shape index (κ1) is 13.2. The van der Waals surface area contributed by atoms with Crippen LogP contribution in [0.25, 0.3) is 0 Å². The van der Waals surface area contributed by atoms with E-state index in [-0.39, 0.29) is 5.97 Å². The van der Waals surface area contributed by atoms with E-state index in [1.807, 2.05) is 25.9 Å². The number of carbonyl (C=O) groups excluding carboxylic acids is 2. The van der Waals surface area contributed by atoms with Crippen molar-refractivity contribution in [3.05, 3.63) is 23.8 Å². The number of rotatable bonds is 5. The quantitative estimate of drug-likeness (QED) is 0.446. The van der Waals surface area contributed by atoms with Crippen LogP contribution >= 0.6 is 0 Å². The highest BCUT2D eigenvalue weighted by Gasteiger charge is 2.10. The van der Waals surface area contributed by atoms with Crippen LogP contribution in [0.2, 0.25) is 0 Å². The van der Waals surface area contributed by atoms with Crippen molar-refractivity contribution in [2.24, 2.45) is 0 Å². The van der Waals surface area contributed by atoms with Gasteiger partial charge in [-0.05, 0) is 18.6 Å². The minimum absolute atomic E-state index is 0.313. The fourth-order valence-electron chi connectivity index (χ4n) is 1.36. The fourth-order valence-corrected chi connectivity index (χ4v) is 1.36. The molecule has 92 valence electrons. The molecule has 0 radical (unpaired) electrons. The predicted molar refractivity (Wildman–Crippen MR) is 66.7 cm³/mol. The molecule has 0 saturated heterocycles. The molecule has 17 heavy (non-hydrogen) atoms. The van der Waals surface area contributed by atoms with Gasteiger partial charge >= 0.3 is 5.97 Å². The van der Waals surface area contributed by atoms with Crippen molar-refractivity contribution >= 4 is 17.9 Å². The van der Waals surface area contributed by atoms with Crippen molar-refractivity contribution < 1.29 is 14.3 Å². The SMILES string of the molecule is CCCC(=O)Oc1cc(N(C)C)ccc1C=O. The number of esters is 1. The van der Waals surface area contributed by atoms with Gasteiger partial charge in [0.1, 0.15) is 5.75 Å². The van der Waals surface area contributed by atoms with Crippen LogP contribution < -0.4 is 9.64 Å². The number of anilines is 1. The summed E-state index contributed by atoms with van der Waals surface area (Å²) in [5.41, 5.74) is 1.27. The molecule has 0 saturated carbocycles. The lowest BCUT2D eigenvalue weighted by atomic mass is 10.2. The van der Waals surface area contributed by atoms with Gasteiger partial charge < -0.3 is 9.64 Å². The molecule has 0 spiro atoms. The van der Waals surface area contributed by atoms with Crippen LogP contribution in [0.15, 0.2) is 18.2 Å². The van der Waals surface area contributed by atoms with Gasteiger partial charge in [-0.2, -0.15) is 0 Å². The van der Waals surface area contributed by atoms with E-state index in [0.717, 1.165) is 12.1 Å². The molecular weight excluding hydrogens is 218 g/mol. The Kier molecular flexibility index (Phi) is 4.69. The summed E-state index contributed by atoms with van der Waals surface area (Å²) in [5.74, 6) is 0.0103. The number of ether oxygens (including phenoxy) is 1. The van der Waals surface area contributed by atoms with Crippen molar-refractivity contribution in [3.8, 4) is 5.75 Å². The van der Waals surface area contributed by atoms with Crippen molar-refractivity contribution in [2.75, 3.05) is 19.0 Å². The van der Waals surface area contributed by atoms with Gasteiger partial charge in [0.2, 0.25) is 0 Å². The molecule has 1 aromatic carbocycles. The molecule has 0 heterocycles. The standard InChI is InChI=1S/C13H17NO3/c1-4-5-13(16)17-12-8-11(14(2)3)7-6-10(12)9-15/h6-9H,4-5H2,1-3H3. The van der Waals surface area contributed by atoms with Gasteiger partial charge in [0, 0.05) is 32.3 Å². The molecule has 0 amide bonds. The summed E-state index contributed by atoms with van der Waals surface area (Å²) in [6, 6.07) is 5.15. The second kappa shape index (κ2) is 6.03. The molecular formula is C13H17NO3. The third-order valence-corrected chi connectivity index (χ3v) is 2.32. The van der Waals surface area contributed by atoms with Gasteiger partial charge in [-0.1, -0.05) is 6.92 Å². The first-order valence-corrected chi connectivity index (χ1v) is 5.55. The Morgan fingerprint density at radius 1 is 1.41 bits per heavy atom. The Labute approximate surface area is 101 Å². The highest BCUT2D eigenvalue weighted by molar-refractivity contribution is 5.83. The van der Waals surface area contributed by atoms with Gasteiger partial charge in [-0.3, -0.25) is 9.59 Å². The number of benzene rings is 1. The number of hydrogen-bond donors (Lipinski definition) is 0. The van der Waals surface area contributed by atoms with Crippen LogP contribution in [-0.4, -0.2) is 26.4 Å². The summed E-state index contributed by atoms with van der Waals surface area (Å²) < 4.78 is 5.17. The maximum Gasteiger partial charge on any atom is 0.311 e. The van der Waals surface area contributed by atoms with E-state index in [2.05, 4.69) is 0 Å². The van der Waals surface area contributed by atoms with E-state index < -0.39 is 0 Å². The molecule has 4 nitrogen and oxygen atoms in total. The average Bonchev–Trinajstić information content (AvgIpc) is 2.29. The van der Waals surface area contributed by atoms with Crippen molar-refractivity contribution in [3.63, 3.8) is 0 Å². The zero-order valence-electron chi connectivity index (χ0n) is 10.4. The van der Waals surface area contributed by atoms with Crippen LogP contribution in [0, 0.1) is 0 Å². The smallest absolute Gasteiger partial charge is 0.311 e. The second-order valence-corrected chi connectivity index (χ2v) is 3.96. The molecule has 0 bridgehead atoms. The third kappa shape index (κ3) is 3.59. The topological polar surface area (TPSA) is 46.6 Å². The lowest BCUT2D eigenvalue weighted by Crippen LogP contribution is -2.11. The van der Waals surface area contributed by atoms with Crippen molar-refractivity contribution in [1.29, 1.82) is 0 Å². The average molecular weight is 235 g/mol. The lowest BCUT2D eigenvalue weighted by molar-refractivity contribution is -0.134. The van der Waals surface area contributed by atoms with E-state index in [4.69, 9.17) is 4.74 Å². The first-order chi connectivity index (χ1) is 8.08. The second-order valence-electron chi connectivity index (χ2n) is 3.96. The third-order valence-electron chi connectivity index (χ3n) is 2.32. The van der Waals surface area contributed by atoms with E-state index in [1.54, 1.807) is 18.2 Å². The minimum Gasteiger partial charge on any atom is -0.426 e. The Hall–Kier alpha value is -1.84. The fraction of sp³-hybridized carbons (Fsp3) is 0.385. The highest BCUT2D eigenvalue weighted by atomic mass is 16.5. The normalized spacial score (nSPS) is 9.82. The lowest BCUT2D eigenvalue weighted by Gasteiger charge is -2.14. The largest absolute Gasteiger partial charge is 0.426 e. The van der Waals surface area contributed by atoms with Crippen molar-refractivity contribution in [2.45, 2.75) is 19.8 Å². The van der Waals surface area contributed by atoms with Gasteiger partial charge in [-0.15, -0.1) is 0 Å². The van der Waals surface area contributed by atoms with Crippen LogP contribution in [0.4, 0.5) is 5.69 Å². The summed E-state index contributed by atoms with van der Waals surface area (Å²) in [6.45, 7) is 1.90. The van der Waals surface area contributed by atoms with Crippen LogP contribution in [-0.2, 0) is 4.79 Å².